The Morgan fingerprint density at radius 1 is 1.20 bits per heavy atom. The van der Waals surface area contributed by atoms with Gasteiger partial charge in [0.05, 0.1) is 13.0 Å². The van der Waals surface area contributed by atoms with Crippen LogP contribution in [0.5, 0.6) is 0 Å². The van der Waals surface area contributed by atoms with Crippen molar-refractivity contribution in [3.8, 4) is 0 Å². The van der Waals surface area contributed by atoms with Gasteiger partial charge in [0.2, 0.25) is 5.91 Å². The van der Waals surface area contributed by atoms with E-state index in [9.17, 15) is 9.59 Å². The van der Waals surface area contributed by atoms with Crippen LogP contribution in [-0.4, -0.2) is 72.6 Å². The van der Waals surface area contributed by atoms with Crippen LogP contribution in [-0.2, 0) is 9.59 Å². The van der Waals surface area contributed by atoms with Crippen LogP contribution in [0.3, 0.4) is 0 Å². The molecule has 0 spiro atoms. The lowest BCUT2D eigenvalue weighted by molar-refractivity contribution is -0.138. The number of nitrogens with zero attached hydrogens (tertiary/aromatic N) is 2. The van der Waals surface area contributed by atoms with Gasteiger partial charge >= 0.3 is 5.97 Å². The van der Waals surface area contributed by atoms with Crippen LogP contribution in [0.4, 0.5) is 0 Å². The summed E-state index contributed by atoms with van der Waals surface area (Å²) in [6, 6.07) is -0.297. The van der Waals surface area contributed by atoms with Crippen molar-refractivity contribution in [3.63, 3.8) is 0 Å². The monoisotopic (exact) mass is 285 g/mol. The minimum atomic E-state index is -0.875. The number of carbonyl (C=O) groups is 2. The Morgan fingerprint density at radius 3 is 2.50 bits per heavy atom. The summed E-state index contributed by atoms with van der Waals surface area (Å²) in [6.45, 7) is 8.04. The van der Waals surface area contributed by atoms with Gasteiger partial charge in [0.25, 0.3) is 0 Å². The zero-order valence-corrected chi connectivity index (χ0v) is 12.8. The molecule has 1 rings (SSSR count). The molecule has 1 aliphatic heterocycles. The van der Waals surface area contributed by atoms with Gasteiger partial charge in [0, 0.05) is 19.1 Å². The lowest BCUT2D eigenvalue weighted by Crippen LogP contribution is -2.45. The number of likely N-dealkylation sites (N-methyl/N-ethyl adjacent to an activating group) is 1. The smallest absolute Gasteiger partial charge is 0.305 e. The Labute approximate surface area is 121 Å². The van der Waals surface area contributed by atoms with Crippen molar-refractivity contribution < 1.29 is 14.7 Å². The summed E-state index contributed by atoms with van der Waals surface area (Å²) >= 11 is 0. The maximum absolute atomic E-state index is 12.0. The zero-order chi connectivity index (χ0) is 15.1. The van der Waals surface area contributed by atoms with Crippen molar-refractivity contribution in [2.24, 2.45) is 5.92 Å². The second-order valence-corrected chi connectivity index (χ2v) is 5.95. The van der Waals surface area contributed by atoms with Crippen molar-refractivity contribution in [2.45, 2.75) is 32.7 Å². The molecular formula is C14H27N3O3. The molecule has 0 aromatic carbocycles. The van der Waals surface area contributed by atoms with Crippen LogP contribution in [0.2, 0.25) is 0 Å². The Morgan fingerprint density at radius 2 is 1.90 bits per heavy atom. The van der Waals surface area contributed by atoms with Crippen molar-refractivity contribution in [1.29, 1.82) is 0 Å². The fourth-order valence-electron chi connectivity index (χ4n) is 2.36. The first-order valence-corrected chi connectivity index (χ1v) is 7.30. The average Bonchev–Trinajstić information content (AvgIpc) is 2.53. The number of aliphatic carboxylic acids is 1. The predicted molar refractivity (Wildman–Crippen MR) is 77.6 cm³/mol. The van der Waals surface area contributed by atoms with Crippen LogP contribution in [0.25, 0.3) is 0 Å². The molecule has 116 valence electrons. The normalized spacial score (nSPS) is 19.6. The van der Waals surface area contributed by atoms with E-state index in [0.29, 0.717) is 6.54 Å². The quantitative estimate of drug-likeness (QED) is 0.731. The molecule has 0 aromatic rings. The van der Waals surface area contributed by atoms with E-state index < -0.39 is 5.97 Å². The number of amides is 1. The molecule has 20 heavy (non-hydrogen) atoms. The van der Waals surface area contributed by atoms with E-state index in [2.05, 4.69) is 22.2 Å². The Kier molecular flexibility index (Phi) is 6.95. The first kappa shape index (κ1) is 16.9. The summed E-state index contributed by atoms with van der Waals surface area (Å²) in [5.41, 5.74) is 0. The number of rotatable bonds is 6. The third-order valence-corrected chi connectivity index (χ3v) is 3.72. The van der Waals surface area contributed by atoms with Gasteiger partial charge in [-0.2, -0.15) is 0 Å². The molecule has 1 heterocycles. The van der Waals surface area contributed by atoms with Crippen molar-refractivity contribution in [1.82, 2.24) is 15.1 Å². The summed E-state index contributed by atoms with van der Waals surface area (Å²) in [7, 11) is 2.09. The third-order valence-electron chi connectivity index (χ3n) is 3.72. The second-order valence-electron chi connectivity index (χ2n) is 5.95. The van der Waals surface area contributed by atoms with Gasteiger partial charge in [0.1, 0.15) is 0 Å². The first-order chi connectivity index (χ1) is 9.38. The molecule has 6 nitrogen and oxygen atoms in total. The molecule has 2 N–H and O–H groups in total. The van der Waals surface area contributed by atoms with E-state index in [0.717, 1.165) is 32.6 Å². The van der Waals surface area contributed by atoms with Gasteiger partial charge in [-0.25, -0.2) is 0 Å². The Hall–Kier alpha value is -1.14. The van der Waals surface area contributed by atoms with Gasteiger partial charge in [-0.1, -0.05) is 13.8 Å². The lowest BCUT2D eigenvalue weighted by Gasteiger charge is -2.24. The summed E-state index contributed by atoms with van der Waals surface area (Å²) in [4.78, 5) is 27.2. The molecule has 6 heteroatoms. The summed E-state index contributed by atoms with van der Waals surface area (Å²) in [5, 5.41) is 11.7. The largest absolute Gasteiger partial charge is 0.481 e. The first-order valence-electron chi connectivity index (χ1n) is 7.30. The maximum Gasteiger partial charge on any atom is 0.305 e. The van der Waals surface area contributed by atoms with Crippen LogP contribution < -0.4 is 5.32 Å². The fraction of sp³-hybridized carbons (Fsp3) is 0.857. The minimum absolute atomic E-state index is 0.0217. The number of carboxylic acid groups (broad SMARTS) is 1. The topological polar surface area (TPSA) is 72.9 Å². The molecule has 0 bridgehead atoms. The van der Waals surface area contributed by atoms with Crippen molar-refractivity contribution in [3.05, 3.63) is 0 Å². The number of hydrogen-bond acceptors (Lipinski definition) is 4. The Bertz CT molecular complexity index is 334. The highest BCUT2D eigenvalue weighted by atomic mass is 16.4. The van der Waals surface area contributed by atoms with Gasteiger partial charge in [-0.05, 0) is 32.5 Å². The van der Waals surface area contributed by atoms with Gasteiger partial charge < -0.3 is 15.3 Å². The number of hydrogen-bond donors (Lipinski definition) is 2. The van der Waals surface area contributed by atoms with Gasteiger partial charge in [0.15, 0.2) is 0 Å². The molecule has 1 aliphatic rings. The van der Waals surface area contributed by atoms with E-state index in [1.807, 2.05) is 13.8 Å². The lowest BCUT2D eigenvalue weighted by atomic mass is 10.0. The molecule has 1 unspecified atom stereocenters. The van der Waals surface area contributed by atoms with E-state index in [-0.39, 0.29) is 24.3 Å². The average molecular weight is 285 g/mol. The molecule has 0 aliphatic carbocycles. The molecule has 1 fully saturated rings. The standard InChI is InChI=1S/C14H27N3O3/c1-11(2)12(9-14(19)20)15-13(18)10-17-6-4-5-16(3)7-8-17/h11-12H,4-10H2,1-3H3,(H,15,18)(H,19,20). The van der Waals surface area contributed by atoms with Crippen LogP contribution in [0, 0.1) is 5.92 Å². The van der Waals surface area contributed by atoms with E-state index in [1.54, 1.807) is 0 Å². The molecule has 0 saturated carbocycles. The van der Waals surface area contributed by atoms with Crippen LogP contribution >= 0.6 is 0 Å². The number of nitrogens with one attached hydrogen (secondary N) is 1. The molecule has 0 aromatic heterocycles. The Balaban J connectivity index is 2.42. The summed E-state index contributed by atoms with van der Waals surface area (Å²) < 4.78 is 0. The fourth-order valence-corrected chi connectivity index (χ4v) is 2.36. The maximum atomic E-state index is 12.0. The molecular weight excluding hydrogens is 258 g/mol. The number of carboxylic acids is 1. The van der Waals surface area contributed by atoms with E-state index in [4.69, 9.17) is 5.11 Å². The van der Waals surface area contributed by atoms with Crippen molar-refractivity contribution >= 4 is 11.9 Å². The molecule has 1 saturated heterocycles. The van der Waals surface area contributed by atoms with E-state index in [1.165, 1.54) is 0 Å². The van der Waals surface area contributed by atoms with Gasteiger partial charge in [-0.15, -0.1) is 0 Å². The molecule has 0 radical (unpaired) electrons. The molecule has 1 amide bonds. The predicted octanol–water partition coefficient (Wildman–Crippen LogP) is 0.239. The minimum Gasteiger partial charge on any atom is -0.481 e. The molecule has 1 atom stereocenters. The summed E-state index contributed by atoms with van der Waals surface area (Å²) in [6.07, 6.45) is 1.04. The van der Waals surface area contributed by atoms with Crippen molar-refractivity contribution in [2.75, 3.05) is 39.8 Å². The highest BCUT2D eigenvalue weighted by molar-refractivity contribution is 5.79. The number of carbonyl (C=O) groups excluding carboxylic acids is 1. The summed E-state index contributed by atoms with van der Waals surface area (Å²) in [5.74, 6) is -0.833. The van der Waals surface area contributed by atoms with Crippen LogP contribution in [0.15, 0.2) is 0 Å². The highest BCUT2D eigenvalue weighted by Crippen LogP contribution is 2.07. The van der Waals surface area contributed by atoms with Crippen LogP contribution in [0.1, 0.15) is 26.7 Å². The zero-order valence-electron chi connectivity index (χ0n) is 12.8. The second kappa shape index (κ2) is 8.21. The SMILES string of the molecule is CC(C)C(CC(=O)O)NC(=O)CN1CCCN(C)CC1. The highest BCUT2D eigenvalue weighted by Gasteiger charge is 2.21. The van der Waals surface area contributed by atoms with Gasteiger partial charge in [-0.3, -0.25) is 14.5 Å². The third kappa shape index (κ3) is 6.34. The van der Waals surface area contributed by atoms with E-state index >= 15 is 0 Å².